The van der Waals surface area contributed by atoms with Gasteiger partial charge in [0.25, 0.3) is 0 Å². The van der Waals surface area contributed by atoms with Gasteiger partial charge in [-0.05, 0) is 27.7 Å². The minimum atomic E-state index is -0.303. The molecule has 2 fully saturated rings. The van der Waals surface area contributed by atoms with Crippen LogP contribution in [0.2, 0.25) is 0 Å². The topological polar surface area (TPSA) is 36.9 Å². The minimum absolute atomic E-state index is 0.0870. The van der Waals surface area contributed by atoms with E-state index < -0.39 is 0 Å². The van der Waals surface area contributed by atoms with Crippen molar-refractivity contribution in [3.63, 3.8) is 0 Å². The molecule has 0 aliphatic carbocycles. The third-order valence-corrected chi connectivity index (χ3v) is 3.22. The van der Waals surface area contributed by atoms with Gasteiger partial charge < -0.3 is 18.6 Å². The van der Waals surface area contributed by atoms with E-state index in [-0.39, 0.29) is 24.3 Å². The van der Waals surface area contributed by atoms with Gasteiger partial charge in [-0.15, -0.1) is 0 Å². The molecule has 0 bridgehead atoms. The minimum Gasteiger partial charge on any atom is -0.412 e. The Morgan fingerprint density at radius 3 is 2.14 bits per heavy atom. The molecule has 0 saturated carbocycles. The van der Waals surface area contributed by atoms with Crippen LogP contribution in [0.25, 0.3) is 0 Å². The SMILES string of the molecule is CC1(C)OB(C2COBO2)OC1(C)C. The Morgan fingerprint density at radius 1 is 1.14 bits per heavy atom. The zero-order chi connectivity index (χ0) is 10.4. The highest BCUT2D eigenvalue weighted by Crippen LogP contribution is 2.38. The van der Waals surface area contributed by atoms with Crippen molar-refractivity contribution in [3.8, 4) is 0 Å². The van der Waals surface area contributed by atoms with Crippen molar-refractivity contribution in [2.75, 3.05) is 6.61 Å². The molecule has 0 aromatic rings. The van der Waals surface area contributed by atoms with Gasteiger partial charge >= 0.3 is 14.8 Å². The van der Waals surface area contributed by atoms with E-state index in [0.717, 1.165) is 0 Å². The summed E-state index contributed by atoms with van der Waals surface area (Å²) in [5, 5.41) is 0. The first-order chi connectivity index (χ1) is 6.42. The zero-order valence-electron chi connectivity index (χ0n) is 9.20. The van der Waals surface area contributed by atoms with Crippen molar-refractivity contribution < 1.29 is 18.6 Å². The van der Waals surface area contributed by atoms with Gasteiger partial charge in [0, 0.05) is 0 Å². The summed E-state index contributed by atoms with van der Waals surface area (Å²) in [7, 11) is 0.0388. The molecule has 4 nitrogen and oxygen atoms in total. The molecule has 78 valence electrons. The van der Waals surface area contributed by atoms with E-state index in [1.807, 2.05) is 27.7 Å². The maximum Gasteiger partial charge on any atom is 0.489 e. The number of rotatable bonds is 1. The Kier molecular flexibility index (Phi) is 2.42. The highest BCUT2D eigenvalue weighted by atomic mass is 16.7. The summed E-state index contributed by atoms with van der Waals surface area (Å²) >= 11 is 0. The summed E-state index contributed by atoms with van der Waals surface area (Å²) in [4.78, 5) is 0. The molecule has 14 heavy (non-hydrogen) atoms. The van der Waals surface area contributed by atoms with Crippen LogP contribution in [-0.4, -0.2) is 38.6 Å². The molecule has 0 radical (unpaired) electrons. The molecule has 2 aliphatic heterocycles. The summed E-state index contributed by atoms with van der Waals surface area (Å²) in [6.07, 6.45) is 0. The molecule has 1 unspecified atom stereocenters. The molecule has 0 aromatic carbocycles. The molecule has 2 rings (SSSR count). The molecule has 1 atom stereocenters. The lowest BCUT2D eigenvalue weighted by Gasteiger charge is -2.32. The van der Waals surface area contributed by atoms with Gasteiger partial charge in [-0.2, -0.15) is 0 Å². The van der Waals surface area contributed by atoms with Crippen molar-refractivity contribution in [2.45, 2.75) is 44.9 Å². The molecule has 2 aliphatic rings. The molecular formula is C8H16B2O4. The smallest absolute Gasteiger partial charge is 0.412 e. The third-order valence-electron chi connectivity index (χ3n) is 3.22. The average Bonchev–Trinajstić information content (AvgIpc) is 2.58. The van der Waals surface area contributed by atoms with Crippen LogP contribution >= 0.6 is 0 Å². The van der Waals surface area contributed by atoms with Gasteiger partial charge in [-0.1, -0.05) is 0 Å². The van der Waals surface area contributed by atoms with Crippen molar-refractivity contribution in [3.05, 3.63) is 0 Å². The summed E-state index contributed by atoms with van der Waals surface area (Å²) in [5.74, 6) is 0. The average molecular weight is 198 g/mol. The highest BCUT2D eigenvalue weighted by Gasteiger charge is 2.54. The van der Waals surface area contributed by atoms with Crippen LogP contribution in [0.1, 0.15) is 27.7 Å². The molecule has 6 heteroatoms. The van der Waals surface area contributed by atoms with Crippen molar-refractivity contribution in [2.24, 2.45) is 0 Å². The third kappa shape index (κ3) is 1.60. The van der Waals surface area contributed by atoms with Crippen LogP contribution < -0.4 is 0 Å². The van der Waals surface area contributed by atoms with E-state index in [2.05, 4.69) is 0 Å². The standard InChI is InChI=1S/C8H16B2O4/c1-7(2)8(3,4)14-10(13-7)6-5-11-9-12-6/h6,9H,5H2,1-4H3. The molecule has 2 saturated heterocycles. The summed E-state index contributed by atoms with van der Waals surface area (Å²) in [6.45, 7) is 8.67. The number of hydrogen-bond donors (Lipinski definition) is 0. The summed E-state index contributed by atoms with van der Waals surface area (Å²) < 4.78 is 22.1. The van der Waals surface area contributed by atoms with Gasteiger partial charge in [0.15, 0.2) is 0 Å². The lowest BCUT2D eigenvalue weighted by atomic mass is 9.81. The lowest BCUT2D eigenvalue weighted by Crippen LogP contribution is -2.41. The maximum absolute atomic E-state index is 5.82. The van der Waals surface area contributed by atoms with E-state index in [0.29, 0.717) is 14.3 Å². The fraction of sp³-hybridized carbons (Fsp3) is 1.00. The van der Waals surface area contributed by atoms with Gasteiger partial charge in [0.2, 0.25) is 0 Å². The zero-order valence-corrected chi connectivity index (χ0v) is 9.20. The number of hydrogen-bond acceptors (Lipinski definition) is 4. The van der Waals surface area contributed by atoms with Crippen LogP contribution in [0.4, 0.5) is 0 Å². The maximum atomic E-state index is 5.82. The quantitative estimate of drug-likeness (QED) is 0.567. The van der Waals surface area contributed by atoms with E-state index in [1.54, 1.807) is 0 Å². The van der Waals surface area contributed by atoms with Gasteiger partial charge in [-0.25, -0.2) is 0 Å². The normalized spacial score (nSPS) is 34.6. The van der Waals surface area contributed by atoms with Crippen LogP contribution in [0, 0.1) is 0 Å². The molecule has 0 N–H and O–H groups in total. The molecule has 0 aromatic heterocycles. The Bertz CT molecular complexity index is 209. The van der Waals surface area contributed by atoms with E-state index in [1.165, 1.54) is 0 Å². The highest BCUT2D eigenvalue weighted by molar-refractivity contribution is 6.48. The lowest BCUT2D eigenvalue weighted by molar-refractivity contribution is 0.00578. The monoisotopic (exact) mass is 198 g/mol. The van der Waals surface area contributed by atoms with Crippen molar-refractivity contribution in [1.29, 1.82) is 0 Å². The van der Waals surface area contributed by atoms with Crippen LogP contribution in [0.5, 0.6) is 0 Å². The van der Waals surface area contributed by atoms with Gasteiger partial charge in [-0.3, -0.25) is 0 Å². The Morgan fingerprint density at radius 2 is 1.71 bits per heavy atom. The van der Waals surface area contributed by atoms with Crippen LogP contribution in [-0.2, 0) is 18.6 Å². The Labute approximate surface area is 85.7 Å². The predicted octanol–water partition coefficient (Wildman–Crippen LogP) is 0.300. The van der Waals surface area contributed by atoms with Gasteiger partial charge in [0.05, 0.1) is 23.8 Å². The van der Waals surface area contributed by atoms with E-state index in [4.69, 9.17) is 18.6 Å². The molecule has 0 spiro atoms. The first kappa shape index (κ1) is 10.5. The second-order valence-electron chi connectivity index (χ2n) is 4.82. The second-order valence-corrected chi connectivity index (χ2v) is 4.82. The largest absolute Gasteiger partial charge is 0.489 e. The summed E-state index contributed by atoms with van der Waals surface area (Å²) in [6, 6.07) is -0.0870. The van der Waals surface area contributed by atoms with Crippen molar-refractivity contribution in [1.82, 2.24) is 0 Å². The fourth-order valence-corrected chi connectivity index (χ4v) is 1.55. The van der Waals surface area contributed by atoms with E-state index >= 15 is 0 Å². The Balaban J connectivity index is 2.05. The fourth-order valence-electron chi connectivity index (χ4n) is 1.55. The molecule has 0 amide bonds. The first-order valence-electron chi connectivity index (χ1n) is 4.97. The molecule has 2 heterocycles. The predicted molar refractivity (Wildman–Crippen MR) is 54.1 cm³/mol. The first-order valence-corrected chi connectivity index (χ1v) is 4.97. The molecular weight excluding hydrogens is 182 g/mol. The van der Waals surface area contributed by atoms with E-state index in [9.17, 15) is 0 Å². The van der Waals surface area contributed by atoms with Crippen LogP contribution in [0.3, 0.4) is 0 Å². The van der Waals surface area contributed by atoms with Crippen molar-refractivity contribution >= 4 is 14.8 Å². The Hall–Kier alpha value is -0.0301. The second kappa shape index (κ2) is 3.23. The summed E-state index contributed by atoms with van der Waals surface area (Å²) in [5.41, 5.74) is -0.576. The van der Waals surface area contributed by atoms with Gasteiger partial charge in [0.1, 0.15) is 0 Å². The van der Waals surface area contributed by atoms with Crippen LogP contribution in [0.15, 0.2) is 0 Å².